The van der Waals surface area contributed by atoms with E-state index >= 15 is 0 Å². The molecule has 8 nitrogen and oxygen atoms in total. The van der Waals surface area contributed by atoms with Crippen molar-refractivity contribution in [2.75, 3.05) is 27.4 Å². The maximum absolute atomic E-state index is 12.5. The molecule has 0 spiro atoms. The fourth-order valence-electron chi connectivity index (χ4n) is 2.45. The van der Waals surface area contributed by atoms with Gasteiger partial charge in [-0.1, -0.05) is 6.07 Å². The Hall–Kier alpha value is -3.42. The van der Waals surface area contributed by atoms with Crippen LogP contribution in [0, 0.1) is 0 Å². The van der Waals surface area contributed by atoms with E-state index < -0.39 is 12.6 Å². The summed E-state index contributed by atoms with van der Waals surface area (Å²) in [4.78, 5) is 23.1. The summed E-state index contributed by atoms with van der Waals surface area (Å²) in [5.41, 5.74) is 1.21. The summed E-state index contributed by atoms with van der Waals surface area (Å²) >= 11 is 0. The SMILES string of the molecule is CCOc1cc(C(=O)NCc2ccc(OC)c(OC)c2)ccc1OCC(=O)O. The highest BCUT2D eigenvalue weighted by molar-refractivity contribution is 5.94. The third-order valence-corrected chi connectivity index (χ3v) is 3.76. The summed E-state index contributed by atoms with van der Waals surface area (Å²) in [5, 5.41) is 11.6. The number of ether oxygens (including phenoxy) is 4. The van der Waals surface area contributed by atoms with E-state index in [4.69, 9.17) is 24.1 Å². The van der Waals surface area contributed by atoms with Crippen molar-refractivity contribution < 1.29 is 33.6 Å². The maximum atomic E-state index is 12.5. The van der Waals surface area contributed by atoms with Crippen LogP contribution in [0.3, 0.4) is 0 Å². The fraction of sp³-hybridized carbons (Fsp3) is 0.300. The Morgan fingerprint density at radius 3 is 2.29 bits per heavy atom. The lowest BCUT2D eigenvalue weighted by Crippen LogP contribution is -2.23. The van der Waals surface area contributed by atoms with Gasteiger partial charge in [0.15, 0.2) is 29.6 Å². The molecule has 0 aliphatic carbocycles. The normalized spacial score (nSPS) is 10.1. The van der Waals surface area contributed by atoms with E-state index in [1.807, 2.05) is 6.07 Å². The lowest BCUT2D eigenvalue weighted by molar-refractivity contribution is -0.139. The lowest BCUT2D eigenvalue weighted by atomic mass is 10.1. The summed E-state index contributed by atoms with van der Waals surface area (Å²) in [6.07, 6.45) is 0. The standard InChI is InChI=1S/C20H23NO7/c1-4-27-18-10-14(6-8-16(18)28-12-19(22)23)20(24)21-11-13-5-7-15(25-2)17(9-13)26-3/h5-10H,4,11-12H2,1-3H3,(H,21,24)(H,22,23). The van der Waals surface area contributed by atoms with Crippen molar-refractivity contribution in [3.8, 4) is 23.0 Å². The average Bonchev–Trinajstić information content (AvgIpc) is 2.70. The molecule has 8 heteroatoms. The Labute approximate surface area is 163 Å². The predicted octanol–water partition coefficient (Wildman–Crippen LogP) is 2.50. The molecule has 0 aromatic heterocycles. The second-order valence-electron chi connectivity index (χ2n) is 5.65. The zero-order valence-corrected chi connectivity index (χ0v) is 16.0. The molecule has 0 fully saturated rings. The second-order valence-corrected chi connectivity index (χ2v) is 5.65. The molecule has 0 aliphatic heterocycles. The highest BCUT2D eigenvalue weighted by Gasteiger charge is 2.13. The van der Waals surface area contributed by atoms with Crippen molar-refractivity contribution in [1.82, 2.24) is 5.32 Å². The number of hydrogen-bond donors (Lipinski definition) is 2. The van der Waals surface area contributed by atoms with Gasteiger partial charge in [0.1, 0.15) is 0 Å². The quantitative estimate of drug-likeness (QED) is 0.643. The van der Waals surface area contributed by atoms with Gasteiger partial charge in [-0.15, -0.1) is 0 Å². The molecule has 0 atom stereocenters. The molecule has 0 saturated heterocycles. The first kappa shape index (κ1) is 20.9. The van der Waals surface area contributed by atoms with Crippen LogP contribution in [0.4, 0.5) is 0 Å². The number of carbonyl (C=O) groups excluding carboxylic acids is 1. The Bertz CT molecular complexity index is 835. The molecule has 0 aliphatic rings. The number of carboxylic acids is 1. The molecule has 28 heavy (non-hydrogen) atoms. The Morgan fingerprint density at radius 2 is 1.64 bits per heavy atom. The Balaban J connectivity index is 2.09. The van der Waals surface area contributed by atoms with Crippen molar-refractivity contribution >= 4 is 11.9 Å². The Kier molecular flexibility index (Phi) is 7.50. The number of carbonyl (C=O) groups is 2. The van der Waals surface area contributed by atoms with E-state index in [0.29, 0.717) is 36.0 Å². The topological polar surface area (TPSA) is 103 Å². The summed E-state index contributed by atoms with van der Waals surface area (Å²) in [6.45, 7) is 1.93. The van der Waals surface area contributed by atoms with Gasteiger partial charge in [0.25, 0.3) is 5.91 Å². The molecule has 2 aromatic carbocycles. The van der Waals surface area contributed by atoms with E-state index in [2.05, 4.69) is 5.32 Å². The van der Waals surface area contributed by atoms with Gasteiger partial charge in [-0.3, -0.25) is 4.79 Å². The molecule has 0 saturated carbocycles. The van der Waals surface area contributed by atoms with Crippen molar-refractivity contribution in [3.63, 3.8) is 0 Å². The molecule has 150 valence electrons. The van der Waals surface area contributed by atoms with Crippen LogP contribution in [0.25, 0.3) is 0 Å². The molecule has 0 radical (unpaired) electrons. The zero-order chi connectivity index (χ0) is 20.5. The number of hydrogen-bond acceptors (Lipinski definition) is 6. The smallest absolute Gasteiger partial charge is 0.341 e. The molecular formula is C20H23NO7. The lowest BCUT2D eigenvalue weighted by Gasteiger charge is -2.13. The van der Waals surface area contributed by atoms with E-state index in [1.165, 1.54) is 12.1 Å². The molecule has 2 N–H and O–H groups in total. The molecular weight excluding hydrogens is 366 g/mol. The van der Waals surface area contributed by atoms with Gasteiger partial charge in [0, 0.05) is 12.1 Å². The van der Waals surface area contributed by atoms with Crippen LogP contribution >= 0.6 is 0 Å². The number of benzene rings is 2. The molecule has 1 amide bonds. The van der Waals surface area contributed by atoms with Crippen molar-refractivity contribution in [3.05, 3.63) is 47.5 Å². The summed E-state index contributed by atoms with van der Waals surface area (Å²) in [5.74, 6) is 0.353. The third-order valence-electron chi connectivity index (χ3n) is 3.76. The Morgan fingerprint density at radius 1 is 0.929 bits per heavy atom. The van der Waals surface area contributed by atoms with Crippen LogP contribution in [0.15, 0.2) is 36.4 Å². The highest BCUT2D eigenvalue weighted by atomic mass is 16.5. The minimum Gasteiger partial charge on any atom is -0.493 e. The highest BCUT2D eigenvalue weighted by Crippen LogP contribution is 2.29. The van der Waals surface area contributed by atoms with Gasteiger partial charge in [-0.05, 0) is 42.8 Å². The minimum atomic E-state index is -1.10. The van der Waals surface area contributed by atoms with E-state index in [0.717, 1.165) is 5.56 Å². The number of carboxylic acid groups (broad SMARTS) is 1. The molecule has 2 aromatic rings. The minimum absolute atomic E-state index is 0.265. The van der Waals surface area contributed by atoms with E-state index in [1.54, 1.807) is 39.3 Å². The number of rotatable bonds is 10. The van der Waals surface area contributed by atoms with Gasteiger partial charge in [0.2, 0.25) is 0 Å². The first-order valence-electron chi connectivity index (χ1n) is 8.59. The maximum Gasteiger partial charge on any atom is 0.341 e. The van der Waals surface area contributed by atoms with E-state index in [-0.39, 0.29) is 11.7 Å². The number of amides is 1. The van der Waals surface area contributed by atoms with Crippen LogP contribution in [0.2, 0.25) is 0 Å². The van der Waals surface area contributed by atoms with Crippen molar-refractivity contribution in [2.45, 2.75) is 13.5 Å². The molecule has 0 unspecified atom stereocenters. The van der Waals surface area contributed by atoms with Crippen LogP contribution in [-0.2, 0) is 11.3 Å². The van der Waals surface area contributed by atoms with Crippen LogP contribution in [0.5, 0.6) is 23.0 Å². The summed E-state index contributed by atoms with van der Waals surface area (Å²) < 4.78 is 21.1. The zero-order valence-electron chi connectivity index (χ0n) is 16.0. The molecule has 0 heterocycles. The van der Waals surface area contributed by atoms with Crippen LogP contribution in [-0.4, -0.2) is 44.4 Å². The largest absolute Gasteiger partial charge is 0.493 e. The summed E-state index contributed by atoms with van der Waals surface area (Å²) in [7, 11) is 3.10. The molecule has 2 rings (SSSR count). The third kappa shape index (κ3) is 5.54. The molecule has 0 bridgehead atoms. The number of aliphatic carboxylic acids is 1. The fourth-order valence-corrected chi connectivity index (χ4v) is 2.45. The average molecular weight is 389 g/mol. The van der Waals surface area contributed by atoms with E-state index in [9.17, 15) is 9.59 Å². The van der Waals surface area contributed by atoms with Gasteiger partial charge < -0.3 is 29.4 Å². The van der Waals surface area contributed by atoms with Gasteiger partial charge in [0.05, 0.1) is 20.8 Å². The number of nitrogens with one attached hydrogen (secondary N) is 1. The van der Waals surface area contributed by atoms with Crippen molar-refractivity contribution in [1.29, 1.82) is 0 Å². The van der Waals surface area contributed by atoms with Gasteiger partial charge in [-0.2, -0.15) is 0 Å². The van der Waals surface area contributed by atoms with Crippen LogP contribution in [0.1, 0.15) is 22.8 Å². The second kappa shape index (κ2) is 10.1. The summed E-state index contributed by atoms with van der Waals surface area (Å²) in [6, 6.07) is 9.96. The number of methoxy groups -OCH3 is 2. The predicted molar refractivity (Wildman–Crippen MR) is 101 cm³/mol. The first-order valence-corrected chi connectivity index (χ1v) is 8.59. The van der Waals surface area contributed by atoms with Gasteiger partial charge in [-0.25, -0.2) is 4.79 Å². The van der Waals surface area contributed by atoms with Crippen LogP contribution < -0.4 is 24.3 Å². The van der Waals surface area contributed by atoms with Crippen molar-refractivity contribution in [2.24, 2.45) is 0 Å². The van der Waals surface area contributed by atoms with Gasteiger partial charge >= 0.3 is 5.97 Å². The first-order chi connectivity index (χ1) is 13.5. The monoisotopic (exact) mass is 389 g/mol.